The first kappa shape index (κ1) is 56.4. The van der Waals surface area contributed by atoms with E-state index in [2.05, 4.69) is 24.5 Å². The number of aliphatic hydroxyl groups is 3. The molecule has 0 bridgehead atoms. The maximum atomic E-state index is 14.2. The Kier molecular flexibility index (Phi) is 32.7. The Morgan fingerprint density at radius 1 is 0.667 bits per heavy atom. The molecule has 0 radical (unpaired) electrons. The first-order chi connectivity index (χ1) is 30.6. The summed E-state index contributed by atoms with van der Waals surface area (Å²) in [5.74, 6) is -0.715. The Balaban J connectivity index is 2.05. The molecular formula is C52H93N3O8. The molecule has 364 valence electrons. The highest BCUT2D eigenvalue weighted by atomic mass is 16.6. The van der Waals surface area contributed by atoms with Crippen molar-refractivity contribution in [1.29, 1.82) is 0 Å². The quantitative estimate of drug-likeness (QED) is 0.0411. The number of alkyl carbamates (subject to hydrolysis) is 1. The molecule has 1 aromatic rings. The smallest absolute Gasteiger partial charge is 0.408 e. The van der Waals surface area contributed by atoms with Gasteiger partial charge in [-0.25, -0.2) is 4.79 Å². The van der Waals surface area contributed by atoms with Gasteiger partial charge < -0.3 is 40.3 Å². The van der Waals surface area contributed by atoms with Gasteiger partial charge in [0.1, 0.15) is 37.0 Å². The second-order valence-electron chi connectivity index (χ2n) is 18.8. The molecular weight excluding hydrogens is 795 g/mol. The molecule has 3 amide bonds. The van der Waals surface area contributed by atoms with Crippen LogP contribution in [0.3, 0.4) is 0 Å². The summed E-state index contributed by atoms with van der Waals surface area (Å²) in [4.78, 5) is 42.8. The van der Waals surface area contributed by atoms with E-state index < -0.39 is 55.2 Å². The van der Waals surface area contributed by atoms with Crippen LogP contribution in [-0.4, -0.2) is 87.9 Å². The highest BCUT2D eigenvalue weighted by Gasteiger charge is 2.48. The molecule has 11 nitrogen and oxygen atoms in total. The molecule has 11 heteroatoms. The fourth-order valence-corrected chi connectivity index (χ4v) is 8.70. The molecule has 1 aromatic carbocycles. The van der Waals surface area contributed by atoms with Gasteiger partial charge in [-0.3, -0.25) is 9.59 Å². The van der Waals surface area contributed by atoms with E-state index in [4.69, 9.17) is 9.47 Å². The van der Waals surface area contributed by atoms with Crippen LogP contribution in [-0.2, 0) is 25.7 Å². The van der Waals surface area contributed by atoms with Gasteiger partial charge in [-0.05, 0) is 30.7 Å². The van der Waals surface area contributed by atoms with E-state index >= 15 is 0 Å². The lowest BCUT2D eigenvalue weighted by molar-refractivity contribution is -0.231. The summed E-state index contributed by atoms with van der Waals surface area (Å²) in [5, 5.41) is 38.3. The largest absolute Gasteiger partial charge is 0.445 e. The van der Waals surface area contributed by atoms with Crippen molar-refractivity contribution in [3.05, 3.63) is 35.9 Å². The van der Waals surface area contributed by atoms with Crippen molar-refractivity contribution in [2.75, 3.05) is 13.2 Å². The summed E-state index contributed by atoms with van der Waals surface area (Å²) in [7, 11) is 0. The van der Waals surface area contributed by atoms with Crippen LogP contribution in [0.5, 0.6) is 0 Å². The number of hydrogen-bond donors (Lipinski definition) is 5. The van der Waals surface area contributed by atoms with Gasteiger partial charge in [0.25, 0.3) is 0 Å². The molecule has 6 atom stereocenters. The van der Waals surface area contributed by atoms with Gasteiger partial charge in [0.05, 0.1) is 6.61 Å². The zero-order valence-electron chi connectivity index (χ0n) is 40.4. The first-order valence-electron chi connectivity index (χ1n) is 25.8. The normalized spacial score (nSPS) is 19.2. The lowest BCUT2D eigenvalue weighted by Gasteiger charge is -2.47. The third-order valence-corrected chi connectivity index (χ3v) is 12.6. The van der Waals surface area contributed by atoms with Gasteiger partial charge in [0, 0.05) is 13.0 Å². The SMILES string of the molecule is CCCCCCCCCCCCCCCCCC(=O)N(CCCCCCCCCCCCCC)[C@@H]1O[C@H](CO)[C@@H](O)[C@H](O)[C@H]1NC(=O)[C@H](CC(C)C)NC(=O)OCc1ccccc1. The Morgan fingerprint density at radius 2 is 1.13 bits per heavy atom. The molecule has 1 aliphatic heterocycles. The van der Waals surface area contributed by atoms with Crippen molar-refractivity contribution < 1.29 is 39.2 Å². The van der Waals surface area contributed by atoms with Crippen LogP contribution < -0.4 is 10.6 Å². The molecule has 5 N–H and O–H groups in total. The van der Waals surface area contributed by atoms with Crippen LogP contribution in [0.4, 0.5) is 4.79 Å². The molecule has 0 spiro atoms. The zero-order valence-corrected chi connectivity index (χ0v) is 40.4. The summed E-state index contributed by atoms with van der Waals surface area (Å²) in [6.07, 6.45) is 27.0. The van der Waals surface area contributed by atoms with E-state index in [9.17, 15) is 29.7 Å². The van der Waals surface area contributed by atoms with Crippen molar-refractivity contribution in [1.82, 2.24) is 15.5 Å². The number of nitrogens with zero attached hydrogens (tertiary/aromatic N) is 1. The van der Waals surface area contributed by atoms with Crippen LogP contribution in [0.25, 0.3) is 0 Å². The fraction of sp³-hybridized carbons (Fsp3) is 0.827. The van der Waals surface area contributed by atoms with Gasteiger partial charge in [-0.1, -0.05) is 219 Å². The van der Waals surface area contributed by atoms with E-state index in [1.165, 1.54) is 122 Å². The third kappa shape index (κ3) is 25.5. The Hall–Kier alpha value is -2.73. The van der Waals surface area contributed by atoms with E-state index in [0.717, 1.165) is 56.9 Å². The minimum absolute atomic E-state index is 0.0154. The third-order valence-electron chi connectivity index (χ3n) is 12.6. The van der Waals surface area contributed by atoms with Gasteiger partial charge in [-0.15, -0.1) is 0 Å². The van der Waals surface area contributed by atoms with Crippen molar-refractivity contribution in [2.24, 2.45) is 5.92 Å². The van der Waals surface area contributed by atoms with Crippen LogP contribution in [0, 0.1) is 5.92 Å². The highest BCUT2D eigenvalue weighted by molar-refractivity contribution is 5.86. The summed E-state index contributed by atoms with van der Waals surface area (Å²) in [5.41, 5.74) is 0.803. The van der Waals surface area contributed by atoms with E-state index in [1.807, 2.05) is 44.2 Å². The van der Waals surface area contributed by atoms with Gasteiger partial charge in [0.15, 0.2) is 6.23 Å². The van der Waals surface area contributed by atoms with E-state index in [-0.39, 0.29) is 24.9 Å². The first-order valence-corrected chi connectivity index (χ1v) is 25.8. The number of carbonyl (C=O) groups excluding carboxylic acids is 3. The molecule has 1 fully saturated rings. The van der Waals surface area contributed by atoms with Crippen LogP contribution in [0.15, 0.2) is 30.3 Å². The van der Waals surface area contributed by atoms with Crippen LogP contribution >= 0.6 is 0 Å². The second kappa shape index (κ2) is 36.5. The van der Waals surface area contributed by atoms with Crippen molar-refractivity contribution in [3.63, 3.8) is 0 Å². The van der Waals surface area contributed by atoms with Crippen LogP contribution in [0.1, 0.15) is 219 Å². The molecule has 1 heterocycles. The lowest BCUT2D eigenvalue weighted by Crippen LogP contribution is -2.70. The Morgan fingerprint density at radius 3 is 1.59 bits per heavy atom. The maximum absolute atomic E-state index is 14.2. The van der Waals surface area contributed by atoms with Crippen molar-refractivity contribution >= 4 is 17.9 Å². The molecule has 2 rings (SSSR count). The highest BCUT2D eigenvalue weighted by Crippen LogP contribution is 2.26. The number of unbranched alkanes of at least 4 members (excludes halogenated alkanes) is 25. The summed E-state index contributed by atoms with van der Waals surface area (Å²) >= 11 is 0. The van der Waals surface area contributed by atoms with Gasteiger partial charge in [-0.2, -0.15) is 0 Å². The number of ether oxygens (including phenoxy) is 2. The van der Waals surface area contributed by atoms with E-state index in [0.29, 0.717) is 13.0 Å². The molecule has 63 heavy (non-hydrogen) atoms. The van der Waals surface area contributed by atoms with Gasteiger partial charge >= 0.3 is 6.09 Å². The Labute approximate surface area is 383 Å². The molecule has 0 unspecified atom stereocenters. The topological polar surface area (TPSA) is 158 Å². The molecule has 0 aliphatic carbocycles. The fourth-order valence-electron chi connectivity index (χ4n) is 8.70. The zero-order chi connectivity index (χ0) is 45.9. The van der Waals surface area contributed by atoms with Crippen molar-refractivity contribution in [2.45, 2.75) is 257 Å². The van der Waals surface area contributed by atoms with Crippen LogP contribution in [0.2, 0.25) is 0 Å². The van der Waals surface area contributed by atoms with Gasteiger partial charge in [0.2, 0.25) is 11.8 Å². The number of carbonyl (C=O) groups is 3. The number of nitrogens with one attached hydrogen (secondary N) is 2. The maximum Gasteiger partial charge on any atom is 0.408 e. The average Bonchev–Trinajstić information content (AvgIpc) is 3.27. The lowest BCUT2D eigenvalue weighted by atomic mass is 9.94. The Bertz CT molecular complexity index is 1290. The molecule has 1 saturated heterocycles. The average molecular weight is 888 g/mol. The predicted octanol–water partition coefficient (Wildman–Crippen LogP) is 11.0. The predicted molar refractivity (Wildman–Crippen MR) is 255 cm³/mol. The summed E-state index contributed by atoms with van der Waals surface area (Å²) in [6, 6.07) is 7.02. The second-order valence-corrected chi connectivity index (χ2v) is 18.8. The number of benzene rings is 1. The number of amides is 3. The number of aliphatic hydroxyl groups excluding tert-OH is 3. The minimum Gasteiger partial charge on any atom is -0.445 e. The standard InChI is InChI=1S/C52H93N3O8/c1-5-7-9-11-13-15-17-19-20-21-22-24-26-28-33-37-46(57)55(38-34-29-27-25-23-18-16-14-12-10-8-6-2)51-47(49(59)48(58)45(40-56)63-51)54-50(60)44(39-42(3)4)53-52(61)62-41-43-35-31-30-32-36-43/h30-32,35-36,42,44-45,47-49,51,56,58-59H,5-29,33-34,37-41H2,1-4H3,(H,53,61)(H,54,60)/t44-,45+,47+,48+,49+,51+/m0/s1. The number of hydrogen-bond acceptors (Lipinski definition) is 8. The summed E-state index contributed by atoms with van der Waals surface area (Å²) in [6.45, 7) is 8.18. The summed E-state index contributed by atoms with van der Waals surface area (Å²) < 4.78 is 11.7. The molecule has 1 aliphatic rings. The molecule has 0 aromatic heterocycles. The van der Waals surface area contributed by atoms with Crippen molar-refractivity contribution in [3.8, 4) is 0 Å². The minimum atomic E-state index is -1.54. The molecule has 0 saturated carbocycles. The monoisotopic (exact) mass is 888 g/mol. The number of rotatable bonds is 38. The van der Waals surface area contributed by atoms with E-state index in [1.54, 1.807) is 4.90 Å².